The molecule has 0 bridgehead atoms. The largest absolute Gasteiger partial charge is 0.377 e. The van der Waals surface area contributed by atoms with Crippen molar-refractivity contribution in [2.75, 3.05) is 13.2 Å². The van der Waals surface area contributed by atoms with Crippen molar-refractivity contribution in [2.45, 2.75) is 29.7 Å². The molecule has 1 aromatic rings. The molecule has 0 amide bonds. The number of ether oxygens (including phenoxy) is 1. The molecule has 0 aliphatic rings. The average molecular weight is 322 g/mol. The summed E-state index contributed by atoms with van der Waals surface area (Å²) in [5, 5.41) is 4.96. The quantitative estimate of drug-likeness (QED) is 0.688. The topological polar surface area (TPSA) is 116 Å². The van der Waals surface area contributed by atoms with Crippen LogP contribution in [0.3, 0.4) is 0 Å². The second-order valence-electron chi connectivity index (χ2n) is 4.34. The van der Waals surface area contributed by atoms with Crippen LogP contribution in [0.2, 0.25) is 0 Å². The first-order chi connectivity index (χ1) is 9.13. The molecule has 0 radical (unpaired) electrons. The number of nitrogens with two attached hydrogens (primary N) is 1. The van der Waals surface area contributed by atoms with Gasteiger partial charge in [0.15, 0.2) is 0 Å². The van der Waals surface area contributed by atoms with Crippen molar-refractivity contribution in [3.8, 4) is 0 Å². The van der Waals surface area contributed by atoms with Crippen molar-refractivity contribution in [1.82, 2.24) is 4.72 Å². The Morgan fingerprint density at radius 1 is 1.20 bits per heavy atom. The molecule has 0 aliphatic heterocycles. The number of primary sulfonamides is 1. The Kier molecular flexibility index (Phi) is 5.66. The van der Waals surface area contributed by atoms with Gasteiger partial charge in [-0.2, -0.15) is 0 Å². The SMILES string of the molecule is CC(C)OCCNS(=O)(=O)c1cccc(S(N)(=O)=O)c1. The van der Waals surface area contributed by atoms with E-state index in [2.05, 4.69) is 4.72 Å². The minimum absolute atomic E-state index is 0.00483. The van der Waals surface area contributed by atoms with Crippen LogP contribution in [0.5, 0.6) is 0 Å². The predicted molar refractivity (Wildman–Crippen MR) is 74.1 cm³/mol. The molecule has 0 saturated heterocycles. The van der Waals surface area contributed by atoms with Crippen molar-refractivity contribution < 1.29 is 21.6 Å². The summed E-state index contributed by atoms with van der Waals surface area (Å²) in [7, 11) is -7.73. The van der Waals surface area contributed by atoms with Crippen molar-refractivity contribution in [3.63, 3.8) is 0 Å². The maximum atomic E-state index is 12.0. The van der Waals surface area contributed by atoms with Gasteiger partial charge < -0.3 is 4.74 Å². The van der Waals surface area contributed by atoms with Crippen LogP contribution >= 0.6 is 0 Å². The summed E-state index contributed by atoms with van der Waals surface area (Å²) in [5.74, 6) is 0. The molecule has 0 atom stereocenters. The van der Waals surface area contributed by atoms with Gasteiger partial charge in [0, 0.05) is 6.54 Å². The van der Waals surface area contributed by atoms with Crippen LogP contribution < -0.4 is 9.86 Å². The fraction of sp³-hybridized carbons (Fsp3) is 0.455. The molecule has 9 heteroatoms. The molecule has 114 valence electrons. The van der Waals surface area contributed by atoms with Crippen LogP contribution in [0, 0.1) is 0 Å². The van der Waals surface area contributed by atoms with Gasteiger partial charge in [0.25, 0.3) is 0 Å². The van der Waals surface area contributed by atoms with Gasteiger partial charge in [0.05, 0.1) is 22.5 Å². The average Bonchev–Trinajstić information content (AvgIpc) is 2.34. The van der Waals surface area contributed by atoms with E-state index < -0.39 is 20.0 Å². The Balaban J connectivity index is 2.83. The molecular weight excluding hydrogens is 304 g/mol. The van der Waals surface area contributed by atoms with Gasteiger partial charge in [-0.25, -0.2) is 26.7 Å². The number of rotatable bonds is 7. The number of nitrogens with one attached hydrogen (secondary N) is 1. The predicted octanol–water partition coefficient (Wildman–Crippen LogP) is 0.0373. The molecule has 3 N–H and O–H groups in total. The monoisotopic (exact) mass is 322 g/mol. The normalized spacial score (nSPS) is 12.8. The highest BCUT2D eigenvalue weighted by molar-refractivity contribution is 7.90. The number of hydrogen-bond donors (Lipinski definition) is 2. The van der Waals surface area contributed by atoms with Gasteiger partial charge in [0.2, 0.25) is 20.0 Å². The Morgan fingerprint density at radius 2 is 1.80 bits per heavy atom. The van der Waals surface area contributed by atoms with E-state index in [1.807, 2.05) is 13.8 Å². The molecule has 1 rings (SSSR count). The molecule has 1 aromatic carbocycles. The van der Waals surface area contributed by atoms with Crippen LogP contribution in [-0.2, 0) is 24.8 Å². The van der Waals surface area contributed by atoms with E-state index in [0.717, 1.165) is 6.07 Å². The van der Waals surface area contributed by atoms with Gasteiger partial charge in [0.1, 0.15) is 0 Å². The van der Waals surface area contributed by atoms with Crippen LogP contribution in [-0.4, -0.2) is 36.1 Å². The maximum Gasteiger partial charge on any atom is 0.240 e. The highest BCUT2D eigenvalue weighted by Crippen LogP contribution is 2.14. The molecule has 0 unspecified atom stereocenters. The zero-order valence-electron chi connectivity index (χ0n) is 11.2. The molecular formula is C11H18N2O5S2. The highest BCUT2D eigenvalue weighted by atomic mass is 32.2. The molecule has 20 heavy (non-hydrogen) atoms. The second-order valence-corrected chi connectivity index (χ2v) is 7.67. The smallest absolute Gasteiger partial charge is 0.240 e. The number of sulfonamides is 2. The minimum atomic E-state index is -3.94. The fourth-order valence-corrected chi connectivity index (χ4v) is 3.06. The summed E-state index contributed by atoms with van der Waals surface area (Å²) in [6.45, 7) is 4.00. The van der Waals surface area contributed by atoms with E-state index in [9.17, 15) is 16.8 Å². The standard InChI is InChI=1S/C11H18N2O5S2/c1-9(2)18-7-6-13-20(16,17)11-5-3-4-10(8-11)19(12,14)15/h3-5,8-9,13H,6-7H2,1-2H3,(H2,12,14,15). The Labute approximate surface area is 119 Å². The van der Waals surface area contributed by atoms with Gasteiger partial charge in [-0.15, -0.1) is 0 Å². The van der Waals surface area contributed by atoms with Gasteiger partial charge >= 0.3 is 0 Å². The van der Waals surface area contributed by atoms with Crippen molar-refractivity contribution in [2.24, 2.45) is 5.14 Å². The van der Waals surface area contributed by atoms with Crippen LogP contribution in [0.4, 0.5) is 0 Å². The molecule has 0 aromatic heterocycles. The zero-order chi connectivity index (χ0) is 15.4. The molecule has 0 saturated carbocycles. The van der Waals surface area contributed by atoms with Crippen LogP contribution in [0.1, 0.15) is 13.8 Å². The molecule has 0 fully saturated rings. The third kappa shape index (κ3) is 5.17. The zero-order valence-corrected chi connectivity index (χ0v) is 12.9. The number of hydrogen-bond acceptors (Lipinski definition) is 5. The highest BCUT2D eigenvalue weighted by Gasteiger charge is 2.16. The molecule has 0 aliphatic carbocycles. The molecule has 7 nitrogen and oxygen atoms in total. The summed E-state index contributed by atoms with van der Waals surface area (Å²) >= 11 is 0. The van der Waals surface area contributed by atoms with E-state index in [0.29, 0.717) is 0 Å². The van der Waals surface area contributed by atoms with Crippen LogP contribution in [0.25, 0.3) is 0 Å². The Morgan fingerprint density at radius 3 is 2.35 bits per heavy atom. The first-order valence-corrected chi connectivity index (χ1v) is 8.90. The summed E-state index contributed by atoms with van der Waals surface area (Å²) < 4.78 is 53.8. The van der Waals surface area contributed by atoms with E-state index in [1.54, 1.807) is 0 Å². The lowest BCUT2D eigenvalue weighted by atomic mass is 10.4. The first kappa shape index (κ1) is 17.1. The van der Waals surface area contributed by atoms with Crippen molar-refractivity contribution in [1.29, 1.82) is 0 Å². The van der Waals surface area contributed by atoms with E-state index >= 15 is 0 Å². The van der Waals surface area contributed by atoms with Crippen molar-refractivity contribution in [3.05, 3.63) is 24.3 Å². The fourth-order valence-electron chi connectivity index (χ4n) is 1.37. The summed E-state index contributed by atoms with van der Waals surface area (Å²) in [5.41, 5.74) is 0. The van der Waals surface area contributed by atoms with Gasteiger partial charge in [-0.1, -0.05) is 6.07 Å². The maximum absolute atomic E-state index is 12.0. The minimum Gasteiger partial charge on any atom is -0.377 e. The summed E-state index contributed by atoms with van der Waals surface area (Å²) in [6, 6.07) is 4.86. The Bertz CT molecular complexity index is 653. The van der Waals surface area contributed by atoms with E-state index in [1.165, 1.54) is 18.2 Å². The van der Waals surface area contributed by atoms with E-state index in [-0.39, 0.29) is 29.0 Å². The molecule has 0 spiro atoms. The van der Waals surface area contributed by atoms with Crippen LogP contribution in [0.15, 0.2) is 34.1 Å². The lowest BCUT2D eigenvalue weighted by Gasteiger charge is -2.10. The van der Waals surface area contributed by atoms with Gasteiger partial charge in [-0.05, 0) is 32.0 Å². The lowest BCUT2D eigenvalue weighted by molar-refractivity contribution is 0.0834. The third-order valence-corrected chi connectivity index (χ3v) is 4.66. The van der Waals surface area contributed by atoms with E-state index in [4.69, 9.17) is 9.88 Å². The number of benzene rings is 1. The third-order valence-electron chi connectivity index (χ3n) is 2.29. The first-order valence-electron chi connectivity index (χ1n) is 5.87. The van der Waals surface area contributed by atoms with Gasteiger partial charge in [-0.3, -0.25) is 0 Å². The summed E-state index contributed by atoms with van der Waals surface area (Å²) in [6.07, 6.45) is 0.00483. The van der Waals surface area contributed by atoms with Crippen molar-refractivity contribution >= 4 is 20.0 Å². The Hall–Kier alpha value is -1.00. The summed E-state index contributed by atoms with van der Waals surface area (Å²) in [4.78, 5) is -0.410. The molecule has 0 heterocycles. The lowest BCUT2D eigenvalue weighted by Crippen LogP contribution is -2.28. The second kappa shape index (κ2) is 6.64.